The summed E-state index contributed by atoms with van der Waals surface area (Å²) >= 11 is 0. The predicted molar refractivity (Wildman–Crippen MR) is 125 cm³/mol. The van der Waals surface area contributed by atoms with E-state index in [0.29, 0.717) is 13.2 Å². The first-order valence-electron chi connectivity index (χ1n) is 10.8. The van der Waals surface area contributed by atoms with Crippen molar-refractivity contribution in [1.29, 1.82) is 0 Å². The maximum Gasteiger partial charge on any atom is 0.137 e. The standard InChI is InChI=1S/C25H34N2O4/c1-5-6-13-30-24-16-20(2)25(21(3)17-24)31-15-10-8-7-9-14-29-23-12-11-22(26-19-23)18-27-28-4/h5-6,11-12,16-19H,7-10,13-15H2,1-4H3/b6-5+,27-18+. The molecule has 0 radical (unpaired) electrons. The van der Waals surface area contributed by atoms with Gasteiger partial charge in [0.2, 0.25) is 0 Å². The van der Waals surface area contributed by atoms with Crippen LogP contribution < -0.4 is 14.2 Å². The number of hydrogen-bond donors (Lipinski definition) is 0. The third-order valence-electron chi connectivity index (χ3n) is 4.62. The van der Waals surface area contributed by atoms with Crippen molar-refractivity contribution in [2.45, 2.75) is 46.5 Å². The van der Waals surface area contributed by atoms with Gasteiger partial charge in [0.05, 0.1) is 31.3 Å². The number of hydrogen-bond acceptors (Lipinski definition) is 6. The van der Waals surface area contributed by atoms with Crippen molar-refractivity contribution in [2.24, 2.45) is 5.16 Å². The summed E-state index contributed by atoms with van der Waals surface area (Å²) in [4.78, 5) is 8.88. The molecule has 0 aliphatic rings. The van der Waals surface area contributed by atoms with Crippen LogP contribution in [0, 0.1) is 13.8 Å². The Morgan fingerprint density at radius 3 is 2.23 bits per heavy atom. The monoisotopic (exact) mass is 426 g/mol. The smallest absolute Gasteiger partial charge is 0.137 e. The minimum absolute atomic E-state index is 0.588. The van der Waals surface area contributed by atoms with Gasteiger partial charge in [-0.15, -0.1) is 0 Å². The molecule has 0 aliphatic carbocycles. The molecule has 0 saturated heterocycles. The molecule has 31 heavy (non-hydrogen) atoms. The molecule has 2 rings (SSSR count). The minimum Gasteiger partial charge on any atom is -0.493 e. The van der Waals surface area contributed by atoms with Crippen LogP contribution in [0.15, 0.2) is 47.8 Å². The molecule has 0 atom stereocenters. The van der Waals surface area contributed by atoms with Gasteiger partial charge in [0, 0.05) is 0 Å². The third kappa shape index (κ3) is 9.11. The second-order valence-corrected chi connectivity index (χ2v) is 7.21. The fourth-order valence-corrected chi connectivity index (χ4v) is 3.04. The molecule has 0 amide bonds. The van der Waals surface area contributed by atoms with Crippen LogP contribution in [0.25, 0.3) is 0 Å². The maximum absolute atomic E-state index is 6.03. The highest BCUT2D eigenvalue weighted by atomic mass is 16.6. The molecule has 2 aromatic rings. The normalized spacial score (nSPS) is 11.2. The van der Waals surface area contributed by atoms with E-state index < -0.39 is 0 Å². The van der Waals surface area contributed by atoms with E-state index in [0.717, 1.165) is 66.4 Å². The summed E-state index contributed by atoms with van der Waals surface area (Å²) in [6.07, 6.45) is 11.5. The second-order valence-electron chi connectivity index (χ2n) is 7.21. The lowest BCUT2D eigenvalue weighted by atomic mass is 10.1. The Hall–Kier alpha value is -3.02. The van der Waals surface area contributed by atoms with E-state index in [1.54, 1.807) is 12.4 Å². The van der Waals surface area contributed by atoms with Crippen LogP contribution in [-0.4, -0.2) is 38.1 Å². The average Bonchev–Trinajstić information content (AvgIpc) is 2.76. The number of pyridine rings is 1. The van der Waals surface area contributed by atoms with Gasteiger partial charge in [-0.2, -0.15) is 0 Å². The van der Waals surface area contributed by atoms with Crippen molar-refractivity contribution in [3.63, 3.8) is 0 Å². The van der Waals surface area contributed by atoms with Gasteiger partial charge in [-0.05, 0) is 81.8 Å². The van der Waals surface area contributed by atoms with Crippen molar-refractivity contribution in [3.8, 4) is 17.2 Å². The fraction of sp³-hybridized carbons (Fsp3) is 0.440. The lowest BCUT2D eigenvalue weighted by Gasteiger charge is -2.14. The lowest BCUT2D eigenvalue weighted by Crippen LogP contribution is -2.03. The molecule has 1 aromatic heterocycles. The van der Waals surface area contributed by atoms with Gasteiger partial charge < -0.3 is 19.0 Å². The molecule has 6 nitrogen and oxygen atoms in total. The highest BCUT2D eigenvalue weighted by Crippen LogP contribution is 2.28. The van der Waals surface area contributed by atoms with Gasteiger partial charge in [0.15, 0.2) is 0 Å². The first-order valence-corrected chi connectivity index (χ1v) is 10.8. The van der Waals surface area contributed by atoms with Crippen LogP contribution in [-0.2, 0) is 4.84 Å². The van der Waals surface area contributed by atoms with E-state index in [-0.39, 0.29) is 0 Å². The van der Waals surface area contributed by atoms with Crippen LogP contribution in [0.4, 0.5) is 0 Å². The molecule has 0 spiro atoms. The second kappa shape index (κ2) is 14.1. The van der Waals surface area contributed by atoms with E-state index in [2.05, 4.69) is 28.8 Å². The Morgan fingerprint density at radius 1 is 0.903 bits per heavy atom. The maximum atomic E-state index is 6.03. The molecule has 1 heterocycles. The molecule has 0 aliphatic heterocycles. The number of aryl methyl sites for hydroxylation is 2. The largest absolute Gasteiger partial charge is 0.493 e. The quantitative estimate of drug-likeness (QED) is 0.169. The molecule has 168 valence electrons. The third-order valence-corrected chi connectivity index (χ3v) is 4.62. The first kappa shape index (κ1) is 24.3. The van der Waals surface area contributed by atoms with E-state index >= 15 is 0 Å². The van der Waals surface area contributed by atoms with Gasteiger partial charge in [-0.25, -0.2) is 0 Å². The topological polar surface area (TPSA) is 62.2 Å². The van der Waals surface area contributed by atoms with Crippen LogP contribution in [0.2, 0.25) is 0 Å². The Balaban J connectivity index is 1.60. The van der Waals surface area contributed by atoms with Crippen LogP contribution in [0.3, 0.4) is 0 Å². The molecule has 0 bridgehead atoms. The van der Waals surface area contributed by atoms with Crippen molar-refractivity contribution >= 4 is 6.21 Å². The Kier molecular flexibility index (Phi) is 11.0. The van der Waals surface area contributed by atoms with Gasteiger partial charge in [0.1, 0.15) is 31.0 Å². The fourth-order valence-electron chi connectivity index (χ4n) is 3.04. The highest BCUT2D eigenvalue weighted by molar-refractivity contribution is 5.76. The summed E-state index contributed by atoms with van der Waals surface area (Å²) in [5.74, 6) is 2.61. The van der Waals surface area contributed by atoms with Crippen molar-refractivity contribution in [1.82, 2.24) is 4.98 Å². The SMILES string of the molecule is C/C=C/COc1cc(C)c(OCCCCCCOc2ccc(/C=N/OC)nc2)c(C)c1. The van der Waals surface area contributed by atoms with Crippen molar-refractivity contribution in [2.75, 3.05) is 26.9 Å². The number of unbranched alkanes of at least 4 members (excludes halogenated alkanes) is 3. The zero-order valence-electron chi connectivity index (χ0n) is 19.1. The zero-order chi connectivity index (χ0) is 22.3. The number of aromatic nitrogens is 1. The van der Waals surface area contributed by atoms with E-state index in [1.807, 2.05) is 43.3 Å². The molecule has 0 N–H and O–H groups in total. The zero-order valence-corrected chi connectivity index (χ0v) is 19.1. The lowest BCUT2D eigenvalue weighted by molar-refractivity contribution is 0.215. The summed E-state index contributed by atoms with van der Waals surface area (Å²) in [6, 6.07) is 7.81. The Bertz CT molecular complexity index is 809. The van der Waals surface area contributed by atoms with E-state index in [9.17, 15) is 0 Å². The van der Waals surface area contributed by atoms with Crippen molar-refractivity contribution < 1.29 is 19.0 Å². The van der Waals surface area contributed by atoms with Gasteiger partial charge >= 0.3 is 0 Å². The highest BCUT2D eigenvalue weighted by Gasteiger charge is 2.07. The number of nitrogens with zero attached hydrogens (tertiary/aromatic N) is 2. The summed E-state index contributed by atoms with van der Waals surface area (Å²) < 4.78 is 17.5. The van der Waals surface area contributed by atoms with Crippen LogP contribution in [0.1, 0.15) is 49.4 Å². The molecule has 0 unspecified atom stereocenters. The molecule has 1 aromatic carbocycles. The summed E-state index contributed by atoms with van der Waals surface area (Å²) in [6.45, 7) is 8.10. The first-order chi connectivity index (χ1) is 15.1. The number of ether oxygens (including phenoxy) is 3. The predicted octanol–water partition coefficient (Wildman–Crippen LogP) is 5.65. The average molecular weight is 427 g/mol. The van der Waals surface area contributed by atoms with Gasteiger partial charge in [-0.1, -0.05) is 17.3 Å². The van der Waals surface area contributed by atoms with E-state index in [1.165, 1.54) is 7.11 Å². The van der Waals surface area contributed by atoms with E-state index in [4.69, 9.17) is 14.2 Å². The summed E-state index contributed by atoms with van der Waals surface area (Å²) in [7, 11) is 1.50. The molecular weight excluding hydrogens is 392 g/mol. The van der Waals surface area contributed by atoms with Gasteiger partial charge in [-0.3, -0.25) is 4.98 Å². The molecular formula is C25H34N2O4. The Morgan fingerprint density at radius 2 is 1.61 bits per heavy atom. The number of allylic oxidation sites excluding steroid dienone is 1. The Labute approximate surface area is 185 Å². The van der Waals surface area contributed by atoms with Crippen LogP contribution in [0.5, 0.6) is 17.2 Å². The minimum atomic E-state index is 0.588. The molecule has 6 heteroatoms. The van der Waals surface area contributed by atoms with Crippen molar-refractivity contribution in [3.05, 3.63) is 59.4 Å². The number of rotatable bonds is 14. The molecule has 0 saturated carbocycles. The number of benzene rings is 1. The summed E-state index contributed by atoms with van der Waals surface area (Å²) in [5.41, 5.74) is 2.95. The summed E-state index contributed by atoms with van der Waals surface area (Å²) in [5, 5.41) is 3.68. The molecule has 0 fully saturated rings. The van der Waals surface area contributed by atoms with Gasteiger partial charge in [0.25, 0.3) is 0 Å². The van der Waals surface area contributed by atoms with Crippen LogP contribution >= 0.6 is 0 Å². The number of oxime groups is 1.